The highest BCUT2D eigenvalue weighted by Crippen LogP contribution is 2.31. The molecule has 16 heavy (non-hydrogen) atoms. The van der Waals surface area contributed by atoms with Gasteiger partial charge in [-0.05, 0) is 29.8 Å². The second-order valence-corrected chi connectivity index (χ2v) is 4.21. The van der Waals surface area contributed by atoms with E-state index in [-0.39, 0.29) is 5.02 Å². The van der Waals surface area contributed by atoms with E-state index in [1.807, 2.05) is 6.07 Å². The minimum Gasteiger partial charge on any atom is -0.398 e. The summed E-state index contributed by atoms with van der Waals surface area (Å²) < 4.78 is 13.3. The Bertz CT molecular complexity index is 541. The Balaban J connectivity index is 2.60. The molecule has 0 aliphatic heterocycles. The van der Waals surface area contributed by atoms with Gasteiger partial charge in [-0.25, -0.2) is 4.39 Å². The number of anilines is 1. The minimum atomic E-state index is -0.495. The van der Waals surface area contributed by atoms with Crippen LogP contribution in [0.2, 0.25) is 10.0 Å². The van der Waals surface area contributed by atoms with E-state index in [2.05, 4.69) is 0 Å². The molecular weight excluding hydrogens is 248 g/mol. The highest BCUT2D eigenvalue weighted by Gasteiger charge is 2.08. The summed E-state index contributed by atoms with van der Waals surface area (Å²) in [5, 5.41) is 0.593. The largest absolute Gasteiger partial charge is 0.398 e. The van der Waals surface area contributed by atoms with Gasteiger partial charge in [0.1, 0.15) is 5.82 Å². The van der Waals surface area contributed by atoms with E-state index in [9.17, 15) is 4.39 Å². The molecule has 2 aromatic carbocycles. The van der Waals surface area contributed by atoms with Crippen molar-refractivity contribution in [1.29, 1.82) is 0 Å². The van der Waals surface area contributed by atoms with Crippen LogP contribution in [0.25, 0.3) is 11.1 Å². The second kappa shape index (κ2) is 4.32. The van der Waals surface area contributed by atoms with Crippen molar-refractivity contribution in [2.24, 2.45) is 0 Å². The lowest BCUT2D eigenvalue weighted by Gasteiger charge is -2.07. The predicted molar refractivity (Wildman–Crippen MR) is 66.3 cm³/mol. The molecule has 2 rings (SSSR count). The number of nitrogens with two attached hydrogens (primary N) is 1. The lowest BCUT2D eigenvalue weighted by Crippen LogP contribution is -1.92. The average Bonchev–Trinajstić information content (AvgIpc) is 2.23. The van der Waals surface area contributed by atoms with Crippen LogP contribution in [0.3, 0.4) is 0 Å². The zero-order chi connectivity index (χ0) is 11.7. The molecule has 82 valence electrons. The van der Waals surface area contributed by atoms with Gasteiger partial charge in [0, 0.05) is 16.3 Å². The van der Waals surface area contributed by atoms with Gasteiger partial charge in [0.05, 0.1) is 5.02 Å². The van der Waals surface area contributed by atoms with Crippen molar-refractivity contribution >= 4 is 28.9 Å². The number of rotatable bonds is 1. The van der Waals surface area contributed by atoms with Gasteiger partial charge in [-0.3, -0.25) is 0 Å². The number of halogens is 3. The Labute approximate surface area is 103 Å². The van der Waals surface area contributed by atoms with Crippen LogP contribution in [0.15, 0.2) is 36.4 Å². The summed E-state index contributed by atoms with van der Waals surface area (Å²) in [7, 11) is 0. The summed E-state index contributed by atoms with van der Waals surface area (Å²) in [4.78, 5) is 0. The average molecular weight is 256 g/mol. The molecule has 0 unspecified atom stereocenters. The third kappa shape index (κ3) is 2.13. The standard InChI is InChI=1S/C12H8Cl2FN/c13-8-3-1-2-7(4-8)9-5-11(15)10(14)6-12(9)16/h1-6H,16H2. The molecule has 0 saturated heterocycles. The molecule has 0 aliphatic carbocycles. The van der Waals surface area contributed by atoms with Crippen molar-refractivity contribution < 1.29 is 4.39 Å². The molecule has 0 atom stereocenters. The monoisotopic (exact) mass is 255 g/mol. The van der Waals surface area contributed by atoms with Gasteiger partial charge in [-0.2, -0.15) is 0 Å². The molecule has 0 saturated carbocycles. The second-order valence-electron chi connectivity index (χ2n) is 3.36. The maximum atomic E-state index is 13.3. The Hall–Kier alpha value is -1.25. The molecular formula is C12H8Cl2FN. The maximum absolute atomic E-state index is 13.3. The fourth-order valence-electron chi connectivity index (χ4n) is 1.47. The normalized spacial score (nSPS) is 10.4. The summed E-state index contributed by atoms with van der Waals surface area (Å²) in [6, 6.07) is 9.76. The first-order chi connectivity index (χ1) is 7.58. The molecule has 2 N–H and O–H groups in total. The van der Waals surface area contributed by atoms with Crippen LogP contribution in [0.5, 0.6) is 0 Å². The van der Waals surface area contributed by atoms with Gasteiger partial charge >= 0.3 is 0 Å². The smallest absolute Gasteiger partial charge is 0.142 e. The fraction of sp³-hybridized carbons (Fsp3) is 0. The lowest BCUT2D eigenvalue weighted by molar-refractivity contribution is 0.629. The third-order valence-electron chi connectivity index (χ3n) is 2.23. The highest BCUT2D eigenvalue weighted by atomic mass is 35.5. The fourth-order valence-corrected chi connectivity index (χ4v) is 1.83. The lowest BCUT2D eigenvalue weighted by atomic mass is 10.0. The Morgan fingerprint density at radius 1 is 1.06 bits per heavy atom. The van der Waals surface area contributed by atoms with Crippen LogP contribution in [-0.2, 0) is 0 Å². The van der Waals surface area contributed by atoms with Gasteiger partial charge in [-0.1, -0.05) is 35.3 Å². The van der Waals surface area contributed by atoms with E-state index in [0.29, 0.717) is 16.3 Å². The van der Waals surface area contributed by atoms with Crippen LogP contribution >= 0.6 is 23.2 Å². The van der Waals surface area contributed by atoms with Crippen LogP contribution in [0.1, 0.15) is 0 Å². The number of hydrogen-bond donors (Lipinski definition) is 1. The van der Waals surface area contributed by atoms with Crippen molar-refractivity contribution in [3.63, 3.8) is 0 Å². The van der Waals surface area contributed by atoms with E-state index in [1.54, 1.807) is 18.2 Å². The zero-order valence-electron chi connectivity index (χ0n) is 8.18. The molecule has 2 aromatic rings. The molecule has 0 bridgehead atoms. The number of nitrogen functional groups attached to an aromatic ring is 1. The maximum Gasteiger partial charge on any atom is 0.142 e. The predicted octanol–water partition coefficient (Wildman–Crippen LogP) is 4.38. The first kappa shape index (κ1) is 11.2. The number of benzene rings is 2. The Kier molecular flexibility index (Phi) is 3.03. The van der Waals surface area contributed by atoms with Gasteiger partial charge in [0.15, 0.2) is 0 Å². The van der Waals surface area contributed by atoms with E-state index in [0.717, 1.165) is 5.56 Å². The topological polar surface area (TPSA) is 26.0 Å². The summed E-state index contributed by atoms with van der Waals surface area (Å²) in [5.74, 6) is -0.495. The SMILES string of the molecule is Nc1cc(Cl)c(F)cc1-c1cccc(Cl)c1. The van der Waals surface area contributed by atoms with Crippen LogP contribution in [-0.4, -0.2) is 0 Å². The van der Waals surface area contributed by atoms with Gasteiger partial charge in [-0.15, -0.1) is 0 Å². The van der Waals surface area contributed by atoms with Crippen molar-refractivity contribution in [1.82, 2.24) is 0 Å². The molecule has 0 spiro atoms. The molecule has 0 fully saturated rings. The summed E-state index contributed by atoms with van der Waals surface area (Å²) in [6.07, 6.45) is 0. The highest BCUT2D eigenvalue weighted by molar-refractivity contribution is 6.31. The molecule has 0 aromatic heterocycles. The van der Waals surface area contributed by atoms with Crippen molar-refractivity contribution in [3.05, 3.63) is 52.3 Å². The molecule has 4 heteroatoms. The molecule has 1 nitrogen and oxygen atoms in total. The molecule has 0 radical (unpaired) electrons. The number of hydrogen-bond acceptors (Lipinski definition) is 1. The van der Waals surface area contributed by atoms with Gasteiger partial charge < -0.3 is 5.73 Å². The van der Waals surface area contributed by atoms with Crippen LogP contribution in [0, 0.1) is 5.82 Å². The van der Waals surface area contributed by atoms with E-state index < -0.39 is 5.82 Å². The Morgan fingerprint density at radius 2 is 1.81 bits per heavy atom. The van der Waals surface area contributed by atoms with Crippen molar-refractivity contribution in [2.45, 2.75) is 0 Å². The van der Waals surface area contributed by atoms with Crippen molar-refractivity contribution in [3.8, 4) is 11.1 Å². The first-order valence-corrected chi connectivity index (χ1v) is 5.34. The van der Waals surface area contributed by atoms with Crippen molar-refractivity contribution in [2.75, 3.05) is 5.73 Å². The molecule has 0 heterocycles. The van der Waals surface area contributed by atoms with E-state index in [1.165, 1.54) is 12.1 Å². The van der Waals surface area contributed by atoms with Crippen LogP contribution < -0.4 is 5.73 Å². The molecule has 0 amide bonds. The summed E-state index contributed by atoms with van der Waals surface area (Å²) >= 11 is 11.5. The van der Waals surface area contributed by atoms with Gasteiger partial charge in [0.25, 0.3) is 0 Å². The third-order valence-corrected chi connectivity index (χ3v) is 2.75. The zero-order valence-corrected chi connectivity index (χ0v) is 9.69. The van der Waals surface area contributed by atoms with E-state index >= 15 is 0 Å². The molecule has 0 aliphatic rings. The minimum absolute atomic E-state index is 0.0169. The first-order valence-electron chi connectivity index (χ1n) is 4.58. The summed E-state index contributed by atoms with van der Waals surface area (Å²) in [6.45, 7) is 0. The quantitative estimate of drug-likeness (QED) is 0.752. The van der Waals surface area contributed by atoms with E-state index in [4.69, 9.17) is 28.9 Å². The van der Waals surface area contributed by atoms with Gasteiger partial charge in [0.2, 0.25) is 0 Å². The Morgan fingerprint density at radius 3 is 2.50 bits per heavy atom. The summed E-state index contributed by atoms with van der Waals surface area (Å²) in [5.41, 5.74) is 7.55. The van der Waals surface area contributed by atoms with Crippen LogP contribution in [0.4, 0.5) is 10.1 Å².